The van der Waals surface area contributed by atoms with Gasteiger partial charge in [-0.25, -0.2) is 9.97 Å². The number of hydrogen-bond acceptors (Lipinski definition) is 6. The van der Waals surface area contributed by atoms with Crippen LogP contribution < -0.4 is 0 Å². The Morgan fingerprint density at radius 2 is 1.68 bits per heavy atom. The lowest BCUT2D eigenvalue weighted by atomic mass is 10.2. The number of nitrogens with zero attached hydrogens (tertiary/aromatic N) is 4. The summed E-state index contributed by atoms with van der Waals surface area (Å²) >= 11 is 0. The van der Waals surface area contributed by atoms with Crippen molar-refractivity contribution >= 4 is 0 Å². The first-order valence-electron chi connectivity index (χ1n) is 5.64. The van der Waals surface area contributed by atoms with Crippen LogP contribution in [0.4, 0.5) is 0 Å². The van der Waals surface area contributed by atoms with Crippen molar-refractivity contribution in [3.05, 3.63) is 42.2 Å². The second kappa shape index (κ2) is 4.49. The van der Waals surface area contributed by atoms with Crippen LogP contribution in [0.1, 0.15) is 5.56 Å². The van der Waals surface area contributed by atoms with E-state index >= 15 is 0 Å². The highest BCUT2D eigenvalue weighted by Crippen LogP contribution is 2.22. The van der Waals surface area contributed by atoms with Gasteiger partial charge in [-0.1, -0.05) is 5.16 Å². The maximum Gasteiger partial charge on any atom is 0.258 e. The van der Waals surface area contributed by atoms with Gasteiger partial charge in [0, 0.05) is 18.0 Å². The summed E-state index contributed by atoms with van der Waals surface area (Å²) in [5.74, 6) is 1.30. The molecule has 6 nitrogen and oxygen atoms in total. The summed E-state index contributed by atoms with van der Waals surface area (Å²) in [6, 6.07) is 6.51. The van der Waals surface area contributed by atoms with E-state index in [1.54, 1.807) is 36.7 Å². The number of aromatic hydroxyl groups is 1. The maximum atomic E-state index is 9.23. The molecule has 94 valence electrons. The summed E-state index contributed by atoms with van der Waals surface area (Å²) in [6.45, 7) is 1.90. The number of hydrogen-bond donors (Lipinski definition) is 1. The van der Waals surface area contributed by atoms with Crippen LogP contribution in [0.5, 0.6) is 5.75 Å². The fourth-order valence-corrected chi connectivity index (χ4v) is 1.54. The molecule has 3 aromatic rings. The van der Waals surface area contributed by atoms with Crippen LogP contribution in [0.2, 0.25) is 0 Å². The zero-order valence-corrected chi connectivity index (χ0v) is 10.1. The van der Waals surface area contributed by atoms with E-state index in [1.807, 2.05) is 6.92 Å². The summed E-state index contributed by atoms with van der Waals surface area (Å²) in [7, 11) is 0. The van der Waals surface area contributed by atoms with Gasteiger partial charge in [-0.2, -0.15) is 4.98 Å². The molecule has 0 saturated heterocycles. The van der Waals surface area contributed by atoms with Crippen LogP contribution in [0.15, 0.2) is 41.2 Å². The second-order valence-electron chi connectivity index (χ2n) is 4.05. The molecule has 19 heavy (non-hydrogen) atoms. The molecule has 0 aliphatic rings. The predicted molar refractivity (Wildman–Crippen MR) is 67.2 cm³/mol. The number of aryl methyl sites for hydroxylation is 1. The minimum atomic E-state index is 0.186. The van der Waals surface area contributed by atoms with Crippen molar-refractivity contribution in [3.63, 3.8) is 0 Å². The third-order valence-electron chi connectivity index (χ3n) is 2.52. The molecule has 1 N–H and O–H groups in total. The Morgan fingerprint density at radius 1 is 1.00 bits per heavy atom. The van der Waals surface area contributed by atoms with Gasteiger partial charge in [0.25, 0.3) is 5.89 Å². The number of phenols is 1. The largest absolute Gasteiger partial charge is 0.508 e. The molecule has 1 aromatic carbocycles. The van der Waals surface area contributed by atoms with E-state index < -0.39 is 0 Å². The van der Waals surface area contributed by atoms with Gasteiger partial charge in [0.15, 0.2) is 0 Å². The Hall–Kier alpha value is -2.76. The zero-order chi connectivity index (χ0) is 13.2. The van der Waals surface area contributed by atoms with Crippen molar-refractivity contribution in [1.29, 1.82) is 0 Å². The van der Waals surface area contributed by atoms with Crippen molar-refractivity contribution in [3.8, 4) is 28.9 Å². The fourth-order valence-electron chi connectivity index (χ4n) is 1.54. The average molecular weight is 254 g/mol. The van der Waals surface area contributed by atoms with Gasteiger partial charge >= 0.3 is 0 Å². The van der Waals surface area contributed by atoms with Crippen LogP contribution in [-0.4, -0.2) is 25.2 Å². The number of aromatic nitrogens is 4. The fraction of sp³-hybridized carbons (Fsp3) is 0.0769. The Labute approximate surface area is 108 Å². The van der Waals surface area contributed by atoms with Gasteiger partial charge in [0.05, 0.1) is 0 Å². The smallest absolute Gasteiger partial charge is 0.258 e. The first-order valence-corrected chi connectivity index (χ1v) is 5.64. The van der Waals surface area contributed by atoms with Gasteiger partial charge < -0.3 is 9.63 Å². The van der Waals surface area contributed by atoms with Crippen LogP contribution in [0.25, 0.3) is 23.1 Å². The van der Waals surface area contributed by atoms with Crippen molar-refractivity contribution in [1.82, 2.24) is 20.1 Å². The molecule has 0 fully saturated rings. The summed E-state index contributed by atoms with van der Waals surface area (Å²) in [6.07, 6.45) is 3.39. The van der Waals surface area contributed by atoms with E-state index in [4.69, 9.17) is 4.52 Å². The lowest BCUT2D eigenvalue weighted by molar-refractivity contribution is 0.431. The molecule has 6 heteroatoms. The SMILES string of the molecule is Cc1cnc(-c2noc(-c3ccc(O)cc3)n2)nc1. The molecular formula is C13H10N4O2. The van der Waals surface area contributed by atoms with E-state index in [0.717, 1.165) is 11.1 Å². The molecule has 0 saturated carbocycles. The third kappa shape index (κ3) is 2.28. The minimum absolute atomic E-state index is 0.186. The van der Waals surface area contributed by atoms with E-state index in [2.05, 4.69) is 20.1 Å². The standard InChI is InChI=1S/C13H10N4O2/c1-8-6-14-11(15-7-8)12-16-13(19-17-12)9-2-4-10(18)5-3-9/h2-7,18H,1H3. The molecule has 0 bridgehead atoms. The Bertz CT molecular complexity index is 629. The Kier molecular flexibility index (Phi) is 2.68. The molecule has 0 amide bonds. The third-order valence-corrected chi connectivity index (χ3v) is 2.52. The highest BCUT2D eigenvalue weighted by atomic mass is 16.5. The second-order valence-corrected chi connectivity index (χ2v) is 4.05. The summed E-state index contributed by atoms with van der Waals surface area (Å²) in [4.78, 5) is 12.5. The maximum absolute atomic E-state index is 9.23. The highest BCUT2D eigenvalue weighted by molar-refractivity contribution is 5.56. The van der Waals surface area contributed by atoms with Crippen molar-refractivity contribution in [2.24, 2.45) is 0 Å². The minimum Gasteiger partial charge on any atom is -0.508 e. The monoisotopic (exact) mass is 254 g/mol. The van der Waals surface area contributed by atoms with Crippen LogP contribution >= 0.6 is 0 Å². The van der Waals surface area contributed by atoms with Crippen molar-refractivity contribution < 1.29 is 9.63 Å². The van der Waals surface area contributed by atoms with Crippen molar-refractivity contribution in [2.45, 2.75) is 6.92 Å². The zero-order valence-electron chi connectivity index (χ0n) is 10.1. The number of phenolic OH excluding ortho intramolecular Hbond substituents is 1. The molecule has 0 spiro atoms. The van der Waals surface area contributed by atoms with Gasteiger partial charge in [-0.05, 0) is 36.8 Å². The van der Waals surface area contributed by atoms with Crippen LogP contribution in [0.3, 0.4) is 0 Å². The summed E-state index contributed by atoms with van der Waals surface area (Å²) in [5.41, 5.74) is 1.69. The first kappa shape index (κ1) is 11.3. The Morgan fingerprint density at radius 3 is 2.37 bits per heavy atom. The van der Waals surface area contributed by atoms with E-state index in [-0.39, 0.29) is 5.75 Å². The molecule has 0 aliphatic heterocycles. The molecule has 2 aromatic heterocycles. The predicted octanol–water partition coefficient (Wildman–Crippen LogP) is 2.21. The lowest BCUT2D eigenvalue weighted by Gasteiger charge is -1.94. The summed E-state index contributed by atoms with van der Waals surface area (Å²) < 4.78 is 5.15. The molecule has 2 heterocycles. The molecule has 0 radical (unpaired) electrons. The quantitative estimate of drug-likeness (QED) is 0.754. The van der Waals surface area contributed by atoms with Gasteiger partial charge in [0.1, 0.15) is 5.75 Å². The number of rotatable bonds is 2. The van der Waals surface area contributed by atoms with Crippen LogP contribution in [-0.2, 0) is 0 Å². The average Bonchev–Trinajstić information content (AvgIpc) is 2.90. The van der Waals surface area contributed by atoms with Crippen LogP contribution in [0, 0.1) is 6.92 Å². The van der Waals surface area contributed by atoms with E-state index in [0.29, 0.717) is 17.5 Å². The van der Waals surface area contributed by atoms with E-state index in [9.17, 15) is 5.11 Å². The first-order chi connectivity index (χ1) is 9.22. The van der Waals surface area contributed by atoms with E-state index in [1.165, 1.54) is 0 Å². The number of benzene rings is 1. The van der Waals surface area contributed by atoms with Gasteiger partial charge in [0.2, 0.25) is 11.6 Å². The van der Waals surface area contributed by atoms with Crippen molar-refractivity contribution in [2.75, 3.05) is 0 Å². The molecule has 3 rings (SSSR count). The normalized spacial score (nSPS) is 10.6. The molecule has 0 atom stereocenters. The summed E-state index contributed by atoms with van der Waals surface area (Å²) in [5, 5.41) is 13.1. The Balaban J connectivity index is 1.95. The molecule has 0 aliphatic carbocycles. The van der Waals surface area contributed by atoms with Gasteiger partial charge in [-0.15, -0.1) is 0 Å². The molecular weight excluding hydrogens is 244 g/mol. The molecule has 0 unspecified atom stereocenters. The lowest BCUT2D eigenvalue weighted by Crippen LogP contribution is -1.90. The highest BCUT2D eigenvalue weighted by Gasteiger charge is 2.12. The van der Waals surface area contributed by atoms with Gasteiger partial charge in [-0.3, -0.25) is 0 Å². The topological polar surface area (TPSA) is 84.9 Å².